The predicted molar refractivity (Wildman–Crippen MR) is 115 cm³/mol. The van der Waals surface area contributed by atoms with Crippen LogP contribution in [0, 0.1) is 0 Å². The molecule has 1 aliphatic heterocycles. The highest BCUT2D eigenvalue weighted by Crippen LogP contribution is 2.33. The maximum absolute atomic E-state index is 12.8. The van der Waals surface area contributed by atoms with Gasteiger partial charge in [-0.15, -0.1) is 0 Å². The Morgan fingerprint density at radius 2 is 1.79 bits per heavy atom. The first-order valence-electron chi connectivity index (χ1n) is 10.0. The van der Waals surface area contributed by atoms with Crippen molar-refractivity contribution in [2.24, 2.45) is 0 Å². The van der Waals surface area contributed by atoms with Gasteiger partial charge in [0.15, 0.2) is 6.61 Å². The lowest BCUT2D eigenvalue weighted by atomic mass is 10.2. The molecule has 0 spiro atoms. The van der Waals surface area contributed by atoms with Crippen LogP contribution < -0.4 is 4.90 Å². The van der Waals surface area contributed by atoms with E-state index in [1.807, 2.05) is 12.1 Å². The number of carbonyl (C=O) groups is 2. The van der Waals surface area contributed by atoms with E-state index in [2.05, 4.69) is 9.97 Å². The molecule has 1 aliphatic rings. The number of alkyl halides is 3. The molecule has 7 nitrogen and oxygen atoms in total. The van der Waals surface area contributed by atoms with Gasteiger partial charge in [0.1, 0.15) is 11.5 Å². The number of ether oxygens (including phenoxy) is 1. The van der Waals surface area contributed by atoms with Gasteiger partial charge in [-0.3, -0.25) is 4.79 Å². The van der Waals surface area contributed by atoms with Gasteiger partial charge in [-0.2, -0.15) is 13.2 Å². The molecule has 0 radical (unpaired) electrons. The van der Waals surface area contributed by atoms with Crippen molar-refractivity contribution in [2.45, 2.75) is 6.18 Å². The maximum Gasteiger partial charge on any atom is 0.417 e. The summed E-state index contributed by atoms with van der Waals surface area (Å²) in [6, 6.07) is 11.4. The van der Waals surface area contributed by atoms with Gasteiger partial charge in [-0.25, -0.2) is 14.8 Å². The summed E-state index contributed by atoms with van der Waals surface area (Å²) < 4.78 is 43.5. The van der Waals surface area contributed by atoms with Crippen molar-refractivity contribution in [2.75, 3.05) is 37.7 Å². The van der Waals surface area contributed by atoms with Gasteiger partial charge in [0, 0.05) is 37.8 Å². The minimum Gasteiger partial charge on any atom is -0.451 e. The lowest BCUT2D eigenvalue weighted by Gasteiger charge is -2.35. The number of benzene rings is 1. The number of piperazine rings is 1. The van der Waals surface area contributed by atoms with Crippen LogP contribution in [0.4, 0.5) is 19.0 Å². The molecule has 1 fully saturated rings. The molecule has 0 N–H and O–H groups in total. The van der Waals surface area contributed by atoms with Crippen LogP contribution in [0.1, 0.15) is 16.1 Å². The Hall–Kier alpha value is -3.40. The smallest absolute Gasteiger partial charge is 0.417 e. The standard InChI is InChI=1S/C22H18ClF3N4O3/c23-16-11-15(22(24,25)26)12-27-20(16)30-9-7-29(8-10-30)19(31)13-33-21(32)18-6-5-14-3-1-2-4-17(14)28-18/h1-6,11-12H,7-10,13H2. The van der Waals surface area contributed by atoms with E-state index in [-0.39, 0.29) is 35.5 Å². The molecule has 1 saturated heterocycles. The first-order valence-corrected chi connectivity index (χ1v) is 10.4. The predicted octanol–water partition coefficient (Wildman–Crippen LogP) is 3.81. The van der Waals surface area contributed by atoms with Crippen molar-refractivity contribution in [1.29, 1.82) is 0 Å². The Kier molecular flexibility index (Phi) is 6.37. The van der Waals surface area contributed by atoms with Crippen LogP contribution in [0.2, 0.25) is 5.02 Å². The molecule has 172 valence electrons. The number of para-hydroxylation sites is 1. The van der Waals surface area contributed by atoms with E-state index >= 15 is 0 Å². The molecule has 3 aromatic rings. The number of esters is 1. The fourth-order valence-corrected chi connectivity index (χ4v) is 3.74. The number of fused-ring (bicyclic) bond motifs is 1. The first kappa shape index (κ1) is 22.8. The van der Waals surface area contributed by atoms with Gasteiger partial charge in [0.05, 0.1) is 16.1 Å². The van der Waals surface area contributed by atoms with E-state index in [1.165, 1.54) is 11.0 Å². The molecule has 2 aromatic heterocycles. The fourth-order valence-electron chi connectivity index (χ4n) is 3.46. The summed E-state index contributed by atoms with van der Waals surface area (Å²) in [7, 11) is 0. The van der Waals surface area contributed by atoms with Crippen molar-refractivity contribution < 1.29 is 27.5 Å². The molecule has 3 heterocycles. The molecule has 1 amide bonds. The van der Waals surface area contributed by atoms with Gasteiger partial charge in [-0.05, 0) is 18.2 Å². The molecule has 0 unspecified atom stereocenters. The van der Waals surface area contributed by atoms with Gasteiger partial charge in [0.2, 0.25) is 0 Å². The fraction of sp³-hybridized carbons (Fsp3) is 0.273. The van der Waals surface area contributed by atoms with Gasteiger partial charge >= 0.3 is 12.1 Å². The van der Waals surface area contributed by atoms with Crippen LogP contribution in [0.5, 0.6) is 0 Å². The number of nitrogens with zero attached hydrogens (tertiary/aromatic N) is 4. The van der Waals surface area contributed by atoms with E-state index in [0.717, 1.165) is 17.6 Å². The second-order valence-corrected chi connectivity index (χ2v) is 7.77. The van der Waals surface area contributed by atoms with Crippen molar-refractivity contribution in [3.63, 3.8) is 0 Å². The number of hydrogen-bond acceptors (Lipinski definition) is 6. The van der Waals surface area contributed by atoms with Crippen molar-refractivity contribution >= 4 is 40.2 Å². The number of carbonyl (C=O) groups excluding carboxylic acids is 2. The molecule has 33 heavy (non-hydrogen) atoms. The van der Waals surface area contributed by atoms with Crippen LogP contribution in [-0.4, -0.2) is 59.5 Å². The second kappa shape index (κ2) is 9.22. The van der Waals surface area contributed by atoms with Crippen LogP contribution in [0.25, 0.3) is 10.9 Å². The summed E-state index contributed by atoms with van der Waals surface area (Å²) in [5.41, 5.74) is -0.174. The van der Waals surface area contributed by atoms with Crippen LogP contribution in [0.3, 0.4) is 0 Å². The third kappa shape index (κ3) is 5.16. The van der Waals surface area contributed by atoms with E-state index in [0.29, 0.717) is 18.6 Å². The Balaban J connectivity index is 1.30. The average Bonchev–Trinajstić information content (AvgIpc) is 2.81. The maximum atomic E-state index is 12.8. The lowest BCUT2D eigenvalue weighted by molar-refractivity contribution is -0.138. The molecule has 1 aromatic carbocycles. The van der Waals surface area contributed by atoms with Crippen molar-refractivity contribution in [3.05, 3.63) is 64.9 Å². The van der Waals surface area contributed by atoms with E-state index < -0.39 is 24.3 Å². The third-order valence-electron chi connectivity index (χ3n) is 5.22. The molecule has 0 saturated carbocycles. The largest absolute Gasteiger partial charge is 0.451 e. The summed E-state index contributed by atoms with van der Waals surface area (Å²) in [4.78, 5) is 36.0. The SMILES string of the molecule is O=C(OCC(=O)N1CCN(c2ncc(C(F)(F)F)cc2Cl)CC1)c1ccc2ccccc2n1. The van der Waals surface area contributed by atoms with Crippen LogP contribution in [-0.2, 0) is 15.7 Å². The second-order valence-electron chi connectivity index (χ2n) is 7.36. The number of aromatic nitrogens is 2. The molecular formula is C22H18ClF3N4O3. The first-order chi connectivity index (χ1) is 15.7. The highest BCUT2D eigenvalue weighted by atomic mass is 35.5. The number of rotatable bonds is 4. The summed E-state index contributed by atoms with van der Waals surface area (Å²) in [5, 5.41) is 0.770. The highest BCUT2D eigenvalue weighted by molar-refractivity contribution is 6.33. The zero-order chi connectivity index (χ0) is 23.6. The Morgan fingerprint density at radius 1 is 1.06 bits per heavy atom. The number of hydrogen-bond donors (Lipinski definition) is 0. The van der Waals surface area contributed by atoms with E-state index in [9.17, 15) is 22.8 Å². The third-order valence-corrected chi connectivity index (χ3v) is 5.49. The van der Waals surface area contributed by atoms with Gasteiger partial charge < -0.3 is 14.5 Å². The molecule has 0 aliphatic carbocycles. The number of amides is 1. The number of pyridine rings is 2. The molecule has 4 rings (SSSR count). The number of anilines is 1. The van der Waals surface area contributed by atoms with Crippen LogP contribution in [0.15, 0.2) is 48.7 Å². The minimum absolute atomic E-state index is 0.106. The molecule has 0 atom stereocenters. The van der Waals surface area contributed by atoms with E-state index in [1.54, 1.807) is 23.1 Å². The van der Waals surface area contributed by atoms with Crippen molar-refractivity contribution in [1.82, 2.24) is 14.9 Å². The number of halogens is 4. The quantitative estimate of drug-likeness (QED) is 0.531. The Bertz CT molecular complexity index is 1200. The molecule has 11 heteroatoms. The summed E-state index contributed by atoms with van der Waals surface area (Å²) >= 11 is 6.00. The summed E-state index contributed by atoms with van der Waals surface area (Å²) in [5.74, 6) is -0.852. The Labute approximate surface area is 191 Å². The normalized spacial score (nSPS) is 14.4. The average molecular weight is 479 g/mol. The zero-order valence-electron chi connectivity index (χ0n) is 17.2. The summed E-state index contributed by atoms with van der Waals surface area (Å²) in [6.07, 6.45) is -3.79. The minimum atomic E-state index is -4.53. The molecule has 0 bridgehead atoms. The van der Waals surface area contributed by atoms with E-state index in [4.69, 9.17) is 16.3 Å². The summed E-state index contributed by atoms with van der Waals surface area (Å²) in [6.45, 7) is 0.772. The van der Waals surface area contributed by atoms with Gasteiger partial charge in [-0.1, -0.05) is 35.9 Å². The monoisotopic (exact) mass is 478 g/mol. The lowest BCUT2D eigenvalue weighted by Crippen LogP contribution is -2.50. The van der Waals surface area contributed by atoms with Gasteiger partial charge in [0.25, 0.3) is 5.91 Å². The highest BCUT2D eigenvalue weighted by Gasteiger charge is 2.32. The van der Waals surface area contributed by atoms with Crippen molar-refractivity contribution in [3.8, 4) is 0 Å². The Morgan fingerprint density at radius 3 is 2.48 bits per heavy atom. The zero-order valence-corrected chi connectivity index (χ0v) is 17.9. The van der Waals surface area contributed by atoms with Crippen LogP contribution >= 0.6 is 11.6 Å². The topological polar surface area (TPSA) is 75.6 Å². The molecular weight excluding hydrogens is 461 g/mol.